The number of likely N-dealkylation sites (tertiary alicyclic amines) is 2. The Bertz CT molecular complexity index is 1120. The van der Waals surface area contributed by atoms with Crippen LogP contribution in [-0.2, 0) is 4.74 Å². The SMILES string of the molecule is CC(C)(C)OC(=O)N1CCC(c2ccc(C(=O)N3CC(N4CCN(C(=O)c5cscn5)CC4)C3)cc2)CC1. The number of nitrogens with zero attached hydrogens (tertiary/aromatic N) is 5. The summed E-state index contributed by atoms with van der Waals surface area (Å²) in [6.07, 6.45) is 1.54. The van der Waals surface area contributed by atoms with E-state index in [0.717, 1.165) is 44.6 Å². The minimum absolute atomic E-state index is 0.00774. The predicted molar refractivity (Wildman–Crippen MR) is 146 cm³/mol. The number of hydrogen-bond donors (Lipinski definition) is 0. The summed E-state index contributed by atoms with van der Waals surface area (Å²) in [5.41, 5.74) is 3.67. The van der Waals surface area contributed by atoms with Gasteiger partial charge in [-0.3, -0.25) is 14.5 Å². The molecule has 1 aromatic heterocycles. The molecule has 2 aromatic rings. The van der Waals surface area contributed by atoms with Gasteiger partial charge in [0.05, 0.1) is 5.51 Å². The van der Waals surface area contributed by atoms with Crippen LogP contribution in [-0.4, -0.2) is 106 Å². The Labute approximate surface area is 228 Å². The summed E-state index contributed by atoms with van der Waals surface area (Å²) in [5.74, 6) is 0.463. The van der Waals surface area contributed by atoms with E-state index in [1.54, 1.807) is 15.8 Å². The summed E-state index contributed by atoms with van der Waals surface area (Å²) in [4.78, 5) is 50.0. The van der Waals surface area contributed by atoms with Crippen LogP contribution in [0.25, 0.3) is 0 Å². The zero-order chi connectivity index (χ0) is 26.9. The number of thiazole rings is 1. The highest BCUT2D eigenvalue weighted by Gasteiger charge is 2.37. The van der Waals surface area contributed by atoms with E-state index in [0.29, 0.717) is 43.8 Å². The Morgan fingerprint density at radius 1 is 0.868 bits per heavy atom. The van der Waals surface area contributed by atoms with Gasteiger partial charge in [0.2, 0.25) is 0 Å². The quantitative estimate of drug-likeness (QED) is 0.591. The van der Waals surface area contributed by atoms with Crippen molar-refractivity contribution in [1.82, 2.24) is 24.6 Å². The molecule has 204 valence electrons. The van der Waals surface area contributed by atoms with Gasteiger partial charge < -0.3 is 19.4 Å². The predicted octanol–water partition coefficient (Wildman–Crippen LogP) is 3.54. The van der Waals surface area contributed by atoms with Gasteiger partial charge in [0.1, 0.15) is 11.3 Å². The summed E-state index contributed by atoms with van der Waals surface area (Å²) in [6.45, 7) is 11.5. The van der Waals surface area contributed by atoms with E-state index < -0.39 is 5.60 Å². The van der Waals surface area contributed by atoms with Gasteiger partial charge in [-0.15, -0.1) is 11.3 Å². The third kappa shape index (κ3) is 6.02. The lowest BCUT2D eigenvalue weighted by atomic mass is 9.89. The van der Waals surface area contributed by atoms with Crippen molar-refractivity contribution in [2.75, 3.05) is 52.4 Å². The van der Waals surface area contributed by atoms with Crippen molar-refractivity contribution in [2.24, 2.45) is 0 Å². The highest BCUT2D eigenvalue weighted by atomic mass is 32.1. The lowest BCUT2D eigenvalue weighted by molar-refractivity contribution is 0.00838. The van der Waals surface area contributed by atoms with Gasteiger partial charge in [0.15, 0.2) is 0 Å². The van der Waals surface area contributed by atoms with Crippen molar-refractivity contribution in [3.8, 4) is 0 Å². The number of piperidine rings is 1. The summed E-state index contributed by atoms with van der Waals surface area (Å²) in [6, 6.07) is 8.36. The number of carbonyl (C=O) groups is 3. The Kier molecular flexibility index (Phi) is 7.72. The maximum atomic E-state index is 13.0. The van der Waals surface area contributed by atoms with Crippen molar-refractivity contribution in [2.45, 2.75) is 51.2 Å². The molecular weight excluding hydrogens is 502 g/mol. The Morgan fingerprint density at radius 2 is 1.53 bits per heavy atom. The second-order valence-corrected chi connectivity index (χ2v) is 12.1. The van der Waals surface area contributed by atoms with Gasteiger partial charge >= 0.3 is 6.09 Å². The second-order valence-electron chi connectivity index (χ2n) is 11.4. The molecule has 4 heterocycles. The topological polar surface area (TPSA) is 86.3 Å². The number of aromatic nitrogens is 1. The maximum absolute atomic E-state index is 13.0. The molecular formula is C28H37N5O4S. The molecule has 0 N–H and O–H groups in total. The molecule has 0 bridgehead atoms. The zero-order valence-electron chi connectivity index (χ0n) is 22.5. The van der Waals surface area contributed by atoms with Gasteiger partial charge in [-0.1, -0.05) is 12.1 Å². The molecule has 3 fully saturated rings. The Morgan fingerprint density at radius 3 is 2.11 bits per heavy atom. The minimum atomic E-state index is -0.482. The standard InChI is InChI=1S/C28H37N5O4S/c1-28(2,3)37-27(36)32-10-8-21(9-11-32)20-4-6-22(7-5-20)25(34)33-16-23(17-33)30-12-14-31(15-13-30)26(35)24-18-38-19-29-24/h4-7,18-19,21,23H,8-17H2,1-3H3. The van der Waals surface area contributed by atoms with Gasteiger partial charge in [-0.2, -0.15) is 0 Å². The maximum Gasteiger partial charge on any atom is 0.410 e. The van der Waals surface area contributed by atoms with E-state index >= 15 is 0 Å². The molecule has 0 radical (unpaired) electrons. The van der Waals surface area contributed by atoms with Gasteiger partial charge in [0, 0.05) is 69.3 Å². The lowest BCUT2D eigenvalue weighted by Crippen LogP contribution is -2.64. The fourth-order valence-electron chi connectivity index (χ4n) is 5.42. The van der Waals surface area contributed by atoms with E-state index in [1.807, 2.05) is 42.7 Å². The molecule has 5 rings (SSSR count). The average Bonchev–Trinajstić information content (AvgIpc) is 3.42. The van der Waals surface area contributed by atoms with Gasteiger partial charge in [-0.05, 0) is 57.2 Å². The third-order valence-electron chi connectivity index (χ3n) is 7.69. The molecule has 1 aromatic carbocycles. The van der Waals surface area contributed by atoms with E-state index in [1.165, 1.54) is 16.9 Å². The van der Waals surface area contributed by atoms with Crippen LogP contribution in [0.3, 0.4) is 0 Å². The fourth-order valence-corrected chi connectivity index (χ4v) is 5.95. The van der Waals surface area contributed by atoms with Gasteiger partial charge in [-0.25, -0.2) is 9.78 Å². The van der Waals surface area contributed by atoms with E-state index in [9.17, 15) is 14.4 Å². The largest absolute Gasteiger partial charge is 0.444 e. The fraction of sp³-hybridized carbons (Fsp3) is 0.571. The van der Waals surface area contributed by atoms with E-state index in [2.05, 4.69) is 22.0 Å². The van der Waals surface area contributed by atoms with Crippen LogP contribution in [0.5, 0.6) is 0 Å². The number of benzene rings is 1. The summed E-state index contributed by atoms with van der Waals surface area (Å²) < 4.78 is 5.50. The van der Waals surface area contributed by atoms with Crippen LogP contribution < -0.4 is 0 Å². The van der Waals surface area contributed by atoms with Crippen molar-refractivity contribution >= 4 is 29.2 Å². The zero-order valence-corrected chi connectivity index (χ0v) is 23.3. The molecule has 0 saturated carbocycles. The van der Waals surface area contributed by atoms with Crippen LogP contribution in [0.15, 0.2) is 35.2 Å². The number of ether oxygens (including phenoxy) is 1. The first-order valence-electron chi connectivity index (χ1n) is 13.5. The number of piperazine rings is 1. The molecule has 3 aliphatic rings. The molecule has 3 aliphatic heterocycles. The van der Waals surface area contributed by atoms with Crippen LogP contribution in [0.4, 0.5) is 4.79 Å². The minimum Gasteiger partial charge on any atom is -0.444 e. The normalized spacial score (nSPS) is 19.8. The molecule has 0 unspecified atom stereocenters. The average molecular weight is 540 g/mol. The molecule has 0 aliphatic carbocycles. The first-order valence-corrected chi connectivity index (χ1v) is 14.4. The lowest BCUT2D eigenvalue weighted by Gasteiger charge is -2.48. The number of amides is 3. The van der Waals surface area contributed by atoms with Crippen molar-refractivity contribution < 1.29 is 19.1 Å². The van der Waals surface area contributed by atoms with Gasteiger partial charge in [0.25, 0.3) is 11.8 Å². The van der Waals surface area contributed by atoms with E-state index in [-0.39, 0.29) is 17.9 Å². The Balaban J connectivity index is 1.05. The summed E-state index contributed by atoms with van der Waals surface area (Å²) in [5, 5.41) is 1.80. The van der Waals surface area contributed by atoms with Crippen molar-refractivity contribution in [3.63, 3.8) is 0 Å². The first-order chi connectivity index (χ1) is 18.2. The smallest absolute Gasteiger partial charge is 0.410 e. The molecule has 3 saturated heterocycles. The van der Waals surface area contributed by atoms with Crippen molar-refractivity contribution in [1.29, 1.82) is 0 Å². The number of carbonyl (C=O) groups excluding carboxylic acids is 3. The molecule has 10 heteroatoms. The van der Waals surface area contributed by atoms with Crippen LogP contribution in [0.2, 0.25) is 0 Å². The molecule has 9 nitrogen and oxygen atoms in total. The molecule has 0 spiro atoms. The molecule has 38 heavy (non-hydrogen) atoms. The van der Waals surface area contributed by atoms with Crippen molar-refractivity contribution in [3.05, 3.63) is 52.0 Å². The van der Waals surface area contributed by atoms with Crippen LogP contribution in [0, 0.1) is 0 Å². The Hall–Kier alpha value is -2.98. The third-order valence-corrected chi connectivity index (χ3v) is 8.28. The van der Waals surface area contributed by atoms with E-state index in [4.69, 9.17) is 4.74 Å². The first kappa shape index (κ1) is 26.6. The monoisotopic (exact) mass is 539 g/mol. The van der Waals surface area contributed by atoms with Crippen LogP contribution >= 0.6 is 11.3 Å². The molecule has 0 atom stereocenters. The number of hydrogen-bond acceptors (Lipinski definition) is 7. The highest BCUT2D eigenvalue weighted by molar-refractivity contribution is 7.07. The van der Waals surface area contributed by atoms with Crippen LogP contribution in [0.1, 0.15) is 65.9 Å². The highest BCUT2D eigenvalue weighted by Crippen LogP contribution is 2.29. The summed E-state index contributed by atoms with van der Waals surface area (Å²) in [7, 11) is 0. The number of rotatable bonds is 4. The summed E-state index contributed by atoms with van der Waals surface area (Å²) >= 11 is 1.44. The molecule has 3 amide bonds. The second kappa shape index (κ2) is 11.0.